The van der Waals surface area contributed by atoms with Crippen molar-refractivity contribution in [3.8, 4) is 0 Å². The molecule has 0 aliphatic carbocycles. The number of non-ortho nitro benzene ring substituents is 1. The minimum absolute atomic E-state index is 0.0524. The van der Waals surface area contributed by atoms with Crippen LogP contribution in [0.4, 0.5) is 18.9 Å². The lowest BCUT2D eigenvalue weighted by Gasteiger charge is -2.08. The summed E-state index contributed by atoms with van der Waals surface area (Å²) in [6, 6.07) is 3.18. The van der Waals surface area contributed by atoms with Gasteiger partial charge in [0.15, 0.2) is 0 Å². The molecule has 112 valence electrons. The first-order valence-corrected chi connectivity index (χ1v) is 6.03. The number of halogens is 3. The number of nitro benzene ring substituents is 1. The van der Waals surface area contributed by atoms with Gasteiger partial charge < -0.3 is 4.57 Å². The summed E-state index contributed by atoms with van der Waals surface area (Å²) in [5.41, 5.74) is -0.513. The Morgan fingerprint density at radius 3 is 2.43 bits per heavy atom. The molecule has 0 radical (unpaired) electrons. The molecule has 2 aromatic rings. The molecule has 1 heterocycles. The van der Waals surface area contributed by atoms with E-state index in [1.54, 1.807) is 13.8 Å². The zero-order valence-corrected chi connectivity index (χ0v) is 11.1. The van der Waals surface area contributed by atoms with Gasteiger partial charge in [0.1, 0.15) is 0 Å². The lowest BCUT2D eigenvalue weighted by Crippen LogP contribution is -2.22. The largest absolute Gasteiger partial charge is 0.454 e. The Balaban J connectivity index is 2.75. The summed E-state index contributed by atoms with van der Waals surface area (Å²) in [6.45, 7) is 3.42. The van der Waals surface area contributed by atoms with Gasteiger partial charge in [-0.05, 0) is 19.9 Å². The highest BCUT2D eigenvalue weighted by molar-refractivity contribution is 6.11. The van der Waals surface area contributed by atoms with Crippen molar-refractivity contribution in [1.82, 2.24) is 4.57 Å². The first kappa shape index (κ1) is 15.0. The number of Topliss-reactive ketones (excluding diaryl/α,β-unsaturated/α-hetero) is 1. The number of nitro groups is 1. The van der Waals surface area contributed by atoms with E-state index in [1.165, 1.54) is 16.7 Å². The van der Waals surface area contributed by atoms with Gasteiger partial charge in [0, 0.05) is 29.8 Å². The van der Waals surface area contributed by atoms with E-state index in [2.05, 4.69) is 0 Å². The van der Waals surface area contributed by atoms with Crippen molar-refractivity contribution >= 4 is 22.4 Å². The summed E-state index contributed by atoms with van der Waals surface area (Å²) in [5.74, 6) is -1.96. The molecule has 0 spiro atoms. The molecule has 0 bridgehead atoms. The third kappa shape index (κ3) is 2.61. The van der Waals surface area contributed by atoms with Crippen molar-refractivity contribution < 1.29 is 22.9 Å². The second-order valence-electron chi connectivity index (χ2n) is 4.83. The van der Waals surface area contributed by atoms with Gasteiger partial charge in [-0.25, -0.2) is 0 Å². The molecule has 8 heteroatoms. The molecule has 1 aromatic carbocycles. The Labute approximate surface area is 117 Å². The Hall–Kier alpha value is -2.38. The van der Waals surface area contributed by atoms with Crippen LogP contribution in [0.25, 0.3) is 10.9 Å². The average molecular weight is 300 g/mol. The van der Waals surface area contributed by atoms with Crippen LogP contribution in [0.3, 0.4) is 0 Å². The number of carbonyl (C=O) groups is 1. The van der Waals surface area contributed by atoms with Gasteiger partial charge in [-0.2, -0.15) is 13.2 Å². The zero-order chi connectivity index (χ0) is 15.9. The topological polar surface area (TPSA) is 65.1 Å². The predicted molar refractivity (Wildman–Crippen MR) is 69.4 cm³/mol. The minimum atomic E-state index is -4.99. The lowest BCUT2D eigenvalue weighted by molar-refractivity contribution is -0.384. The monoisotopic (exact) mass is 300 g/mol. The molecule has 0 atom stereocenters. The van der Waals surface area contributed by atoms with E-state index in [9.17, 15) is 28.1 Å². The number of benzene rings is 1. The fourth-order valence-electron chi connectivity index (χ4n) is 2.11. The van der Waals surface area contributed by atoms with Crippen LogP contribution in [-0.2, 0) is 0 Å². The van der Waals surface area contributed by atoms with Crippen LogP contribution in [-0.4, -0.2) is 21.4 Å². The highest BCUT2D eigenvalue weighted by Gasteiger charge is 2.41. The van der Waals surface area contributed by atoms with Gasteiger partial charge in [0.25, 0.3) is 11.5 Å². The van der Waals surface area contributed by atoms with Crippen molar-refractivity contribution in [2.24, 2.45) is 0 Å². The minimum Gasteiger partial charge on any atom is -0.344 e. The van der Waals surface area contributed by atoms with Crippen LogP contribution in [0.5, 0.6) is 0 Å². The van der Waals surface area contributed by atoms with Crippen LogP contribution < -0.4 is 0 Å². The molecule has 1 aromatic heterocycles. The molecule has 0 saturated heterocycles. The smallest absolute Gasteiger partial charge is 0.344 e. The fraction of sp³-hybridized carbons (Fsp3) is 0.308. The average Bonchev–Trinajstić information content (AvgIpc) is 2.75. The third-order valence-corrected chi connectivity index (χ3v) is 3.09. The van der Waals surface area contributed by atoms with Crippen molar-refractivity contribution in [1.29, 1.82) is 0 Å². The summed E-state index contributed by atoms with van der Waals surface area (Å²) in [6.07, 6.45) is -3.90. The Kier molecular flexibility index (Phi) is 3.48. The fourth-order valence-corrected chi connectivity index (χ4v) is 2.11. The molecule has 0 saturated carbocycles. The molecular formula is C13H11F3N2O3. The molecule has 5 nitrogen and oxygen atoms in total. The maximum Gasteiger partial charge on any atom is 0.454 e. The van der Waals surface area contributed by atoms with Gasteiger partial charge in [0.05, 0.1) is 16.0 Å². The van der Waals surface area contributed by atoms with Crippen LogP contribution in [0.1, 0.15) is 30.2 Å². The molecule has 0 aliphatic rings. The van der Waals surface area contributed by atoms with E-state index in [1.807, 2.05) is 0 Å². The standard InChI is InChI=1S/C13H11F3N2O3/c1-7(2)17-6-10(12(19)13(14,15)16)9-4-3-8(18(20)21)5-11(9)17/h3-7H,1-2H3. The first-order valence-electron chi connectivity index (χ1n) is 6.03. The second-order valence-corrected chi connectivity index (χ2v) is 4.83. The Morgan fingerprint density at radius 2 is 1.95 bits per heavy atom. The number of hydrogen-bond donors (Lipinski definition) is 0. The molecule has 0 N–H and O–H groups in total. The molecule has 0 aliphatic heterocycles. The van der Waals surface area contributed by atoms with E-state index in [0.717, 1.165) is 12.3 Å². The number of nitrogens with zero attached hydrogens (tertiary/aromatic N) is 2. The van der Waals surface area contributed by atoms with Crippen LogP contribution in [0, 0.1) is 10.1 Å². The maximum atomic E-state index is 12.6. The summed E-state index contributed by atoms with van der Waals surface area (Å²) in [4.78, 5) is 21.6. The number of rotatable bonds is 3. The van der Waals surface area contributed by atoms with Gasteiger partial charge in [-0.3, -0.25) is 14.9 Å². The van der Waals surface area contributed by atoms with Crippen LogP contribution in [0.15, 0.2) is 24.4 Å². The number of hydrogen-bond acceptors (Lipinski definition) is 3. The molecule has 0 amide bonds. The Morgan fingerprint density at radius 1 is 1.33 bits per heavy atom. The van der Waals surface area contributed by atoms with Crippen molar-refractivity contribution in [3.05, 3.63) is 40.1 Å². The van der Waals surface area contributed by atoms with E-state index in [0.29, 0.717) is 0 Å². The van der Waals surface area contributed by atoms with Gasteiger partial charge in [-0.15, -0.1) is 0 Å². The van der Waals surface area contributed by atoms with E-state index >= 15 is 0 Å². The quantitative estimate of drug-likeness (QED) is 0.491. The normalized spacial score (nSPS) is 12.1. The van der Waals surface area contributed by atoms with E-state index in [4.69, 9.17) is 0 Å². The first-order chi connectivity index (χ1) is 9.62. The second kappa shape index (κ2) is 4.87. The number of alkyl halides is 3. The van der Waals surface area contributed by atoms with Crippen LogP contribution in [0.2, 0.25) is 0 Å². The maximum absolute atomic E-state index is 12.6. The number of aromatic nitrogens is 1. The molecule has 21 heavy (non-hydrogen) atoms. The van der Waals surface area contributed by atoms with Crippen molar-refractivity contribution in [2.45, 2.75) is 26.1 Å². The number of ketones is 1. The lowest BCUT2D eigenvalue weighted by atomic mass is 10.1. The number of carbonyl (C=O) groups excluding carboxylic acids is 1. The van der Waals surface area contributed by atoms with E-state index in [-0.39, 0.29) is 22.6 Å². The van der Waals surface area contributed by atoms with Gasteiger partial charge >= 0.3 is 6.18 Å². The third-order valence-electron chi connectivity index (χ3n) is 3.09. The zero-order valence-electron chi connectivity index (χ0n) is 11.1. The SMILES string of the molecule is CC(C)n1cc(C(=O)C(F)(F)F)c2ccc([N+](=O)[O-])cc21. The summed E-state index contributed by atoms with van der Waals surface area (Å²) in [7, 11) is 0. The van der Waals surface area contributed by atoms with Gasteiger partial charge in [0.2, 0.25) is 0 Å². The summed E-state index contributed by atoms with van der Waals surface area (Å²) in [5, 5.41) is 10.8. The summed E-state index contributed by atoms with van der Waals surface area (Å²) >= 11 is 0. The molecule has 0 unspecified atom stereocenters. The predicted octanol–water partition coefficient (Wildman–Crippen LogP) is 3.88. The van der Waals surface area contributed by atoms with Crippen LogP contribution >= 0.6 is 0 Å². The molecule has 0 fully saturated rings. The Bertz CT molecular complexity index is 732. The molecular weight excluding hydrogens is 289 g/mol. The van der Waals surface area contributed by atoms with Gasteiger partial charge in [-0.1, -0.05) is 0 Å². The summed E-state index contributed by atoms with van der Waals surface area (Å²) < 4.78 is 39.3. The van der Waals surface area contributed by atoms with E-state index < -0.39 is 22.4 Å². The van der Waals surface area contributed by atoms with Crippen molar-refractivity contribution in [3.63, 3.8) is 0 Å². The highest BCUT2D eigenvalue weighted by Crippen LogP contribution is 2.32. The highest BCUT2D eigenvalue weighted by atomic mass is 19.4. The molecule has 2 rings (SSSR count). The van der Waals surface area contributed by atoms with Crippen molar-refractivity contribution in [2.75, 3.05) is 0 Å². The number of fused-ring (bicyclic) bond motifs is 1.